The Labute approximate surface area is 171 Å². The van der Waals surface area contributed by atoms with Gasteiger partial charge in [-0.15, -0.1) is 0 Å². The number of benzene rings is 1. The van der Waals surface area contributed by atoms with Crippen LogP contribution in [0, 0.1) is 0 Å². The van der Waals surface area contributed by atoms with Gasteiger partial charge in [-0.3, -0.25) is 0 Å². The number of rotatable bonds is 7. The molecule has 0 bridgehead atoms. The van der Waals surface area contributed by atoms with E-state index in [1.54, 1.807) is 24.4 Å². The van der Waals surface area contributed by atoms with E-state index in [9.17, 15) is 13.5 Å². The first-order valence-electron chi connectivity index (χ1n) is 8.44. The Morgan fingerprint density at radius 2 is 2.07 bits per heavy atom. The van der Waals surface area contributed by atoms with Gasteiger partial charge in [-0.1, -0.05) is 6.07 Å². The van der Waals surface area contributed by atoms with Gasteiger partial charge in [0.05, 0.1) is 22.3 Å². The van der Waals surface area contributed by atoms with Crippen molar-refractivity contribution in [1.29, 1.82) is 0 Å². The Balaban J connectivity index is 1.98. The smallest absolute Gasteiger partial charge is 0.307 e. The molecule has 9 nitrogen and oxygen atoms in total. The van der Waals surface area contributed by atoms with Gasteiger partial charge in [-0.25, -0.2) is 8.96 Å². The third kappa shape index (κ3) is 3.97. The Morgan fingerprint density at radius 1 is 1.32 bits per heavy atom. The molecule has 0 saturated heterocycles. The minimum atomic E-state index is -3.63. The normalized spacial score (nSPS) is 13.1. The molecule has 0 saturated carbocycles. The van der Waals surface area contributed by atoms with Crippen molar-refractivity contribution in [2.24, 2.45) is 0 Å². The number of aliphatic hydroxyl groups is 1. The lowest BCUT2D eigenvalue weighted by atomic mass is 10.2. The second kappa shape index (κ2) is 8.03. The van der Waals surface area contributed by atoms with Crippen molar-refractivity contribution in [2.75, 3.05) is 31.3 Å². The summed E-state index contributed by atoms with van der Waals surface area (Å²) in [5, 5.41) is 16.2. The molecule has 3 aromatic rings. The summed E-state index contributed by atoms with van der Waals surface area (Å²) in [5.41, 5.74) is 1.22. The predicted molar refractivity (Wildman–Crippen MR) is 113 cm³/mol. The van der Waals surface area contributed by atoms with Crippen LogP contribution in [-0.4, -0.2) is 58.5 Å². The van der Waals surface area contributed by atoms with Crippen LogP contribution in [0.15, 0.2) is 41.1 Å². The fourth-order valence-electron chi connectivity index (χ4n) is 2.56. The average Bonchev–Trinajstić information content (AvgIpc) is 3.10. The highest BCUT2D eigenvalue weighted by atomic mass is 79.9. The summed E-state index contributed by atoms with van der Waals surface area (Å²) >= 11 is 3.38. The minimum Gasteiger partial charge on any atom is -0.394 e. The standard InChI is InChI=1S/C17H21BrN6O3S/c1-11(10-25)20-16-13(18)9-19-17(22-16)21-14-5-4-6-15-12(14)7-8-24(15)28(26,27)23(2)3/h4-9,11,25H,10H2,1-3H3,(H2,19,20,21,22)/t11-/m0/s1. The Bertz CT molecular complexity index is 1100. The number of fused-ring (bicyclic) bond motifs is 1. The Morgan fingerprint density at radius 3 is 2.75 bits per heavy atom. The molecular weight excluding hydrogens is 448 g/mol. The van der Waals surface area contributed by atoms with Crippen LogP contribution >= 0.6 is 15.9 Å². The first kappa shape index (κ1) is 20.5. The minimum absolute atomic E-state index is 0.0353. The van der Waals surface area contributed by atoms with E-state index in [1.165, 1.54) is 24.3 Å². The number of aliphatic hydroxyl groups excluding tert-OH is 1. The van der Waals surface area contributed by atoms with E-state index in [0.29, 0.717) is 27.4 Å². The number of hydrogen-bond donors (Lipinski definition) is 3. The number of hydrogen-bond acceptors (Lipinski definition) is 7. The van der Waals surface area contributed by atoms with Crippen molar-refractivity contribution in [3.8, 4) is 0 Å². The lowest BCUT2D eigenvalue weighted by Crippen LogP contribution is -2.28. The lowest BCUT2D eigenvalue weighted by molar-refractivity contribution is 0.281. The summed E-state index contributed by atoms with van der Waals surface area (Å²) in [4.78, 5) is 8.67. The van der Waals surface area contributed by atoms with Crippen LogP contribution in [0.4, 0.5) is 17.5 Å². The molecule has 0 aliphatic heterocycles. The monoisotopic (exact) mass is 468 g/mol. The molecule has 0 aliphatic rings. The van der Waals surface area contributed by atoms with Crippen LogP contribution in [0.25, 0.3) is 10.9 Å². The predicted octanol–water partition coefficient (Wildman–Crippen LogP) is 2.38. The zero-order valence-corrected chi connectivity index (χ0v) is 18.0. The highest BCUT2D eigenvalue weighted by Gasteiger charge is 2.19. The summed E-state index contributed by atoms with van der Waals surface area (Å²) in [6.45, 7) is 1.79. The van der Waals surface area contributed by atoms with Crippen molar-refractivity contribution in [3.05, 3.63) is 41.1 Å². The topological polar surface area (TPSA) is 112 Å². The van der Waals surface area contributed by atoms with Gasteiger partial charge >= 0.3 is 10.2 Å². The fourth-order valence-corrected chi connectivity index (χ4v) is 3.84. The molecule has 0 amide bonds. The van der Waals surface area contributed by atoms with Gasteiger partial charge in [0.15, 0.2) is 0 Å². The van der Waals surface area contributed by atoms with E-state index >= 15 is 0 Å². The summed E-state index contributed by atoms with van der Waals surface area (Å²) in [7, 11) is -0.654. The zero-order valence-electron chi connectivity index (χ0n) is 15.6. The lowest BCUT2D eigenvalue weighted by Gasteiger charge is -2.15. The van der Waals surface area contributed by atoms with Gasteiger partial charge in [0.2, 0.25) is 5.95 Å². The molecule has 150 valence electrons. The van der Waals surface area contributed by atoms with Crippen LogP contribution < -0.4 is 10.6 Å². The number of nitrogens with one attached hydrogen (secondary N) is 2. The summed E-state index contributed by atoms with van der Waals surface area (Å²) < 4.78 is 28.1. The maximum Gasteiger partial charge on any atom is 0.307 e. The van der Waals surface area contributed by atoms with Gasteiger partial charge in [-0.05, 0) is 41.1 Å². The third-order valence-corrected chi connectivity index (χ3v) is 6.37. The number of aromatic nitrogens is 3. The van der Waals surface area contributed by atoms with Crippen LogP contribution in [0.2, 0.25) is 0 Å². The van der Waals surface area contributed by atoms with Crippen molar-refractivity contribution < 1.29 is 13.5 Å². The Kier molecular flexibility index (Phi) is 5.89. The fraction of sp³-hybridized carbons (Fsp3) is 0.294. The van der Waals surface area contributed by atoms with Crippen LogP contribution in [0.5, 0.6) is 0 Å². The van der Waals surface area contributed by atoms with E-state index in [0.717, 1.165) is 9.69 Å². The van der Waals surface area contributed by atoms with Crippen molar-refractivity contribution in [2.45, 2.75) is 13.0 Å². The van der Waals surface area contributed by atoms with Crippen molar-refractivity contribution >= 4 is 54.5 Å². The second-order valence-electron chi connectivity index (χ2n) is 6.38. The molecule has 0 radical (unpaired) electrons. The van der Waals surface area contributed by atoms with Crippen molar-refractivity contribution in [1.82, 2.24) is 18.2 Å². The number of anilines is 3. The van der Waals surface area contributed by atoms with Gasteiger partial charge in [0.25, 0.3) is 0 Å². The molecule has 0 aliphatic carbocycles. The molecule has 2 aromatic heterocycles. The van der Waals surface area contributed by atoms with E-state index in [1.807, 2.05) is 13.0 Å². The van der Waals surface area contributed by atoms with E-state index in [2.05, 4.69) is 36.5 Å². The average molecular weight is 469 g/mol. The number of halogens is 1. The van der Waals surface area contributed by atoms with E-state index < -0.39 is 10.2 Å². The zero-order chi connectivity index (χ0) is 20.5. The third-order valence-electron chi connectivity index (χ3n) is 4.05. The van der Waals surface area contributed by atoms with E-state index in [-0.39, 0.29) is 12.6 Å². The largest absolute Gasteiger partial charge is 0.394 e. The van der Waals surface area contributed by atoms with Crippen LogP contribution in [0.1, 0.15) is 6.92 Å². The van der Waals surface area contributed by atoms with Gasteiger partial charge in [-0.2, -0.15) is 17.7 Å². The molecule has 1 atom stereocenters. The van der Waals surface area contributed by atoms with Gasteiger partial charge < -0.3 is 15.7 Å². The maximum atomic E-state index is 12.5. The molecule has 28 heavy (non-hydrogen) atoms. The molecular formula is C17H21BrN6O3S. The highest BCUT2D eigenvalue weighted by molar-refractivity contribution is 9.10. The van der Waals surface area contributed by atoms with Crippen LogP contribution in [0.3, 0.4) is 0 Å². The first-order chi connectivity index (χ1) is 13.2. The molecule has 3 N–H and O–H groups in total. The SMILES string of the molecule is C[C@@H](CO)Nc1nc(Nc2cccc3c2ccn3S(=O)(=O)N(C)C)ncc1Br. The van der Waals surface area contributed by atoms with Gasteiger partial charge in [0, 0.05) is 37.9 Å². The highest BCUT2D eigenvalue weighted by Crippen LogP contribution is 2.29. The van der Waals surface area contributed by atoms with Crippen LogP contribution in [-0.2, 0) is 10.2 Å². The van der Waals surface area contributed by atoms with Gasteiger partial charge in [0.1, 0.15) is 5.82 Å². The summed E-state index contributed by atoms with van der Waals surface area (Å²) in [6, 6.07) is 6.87. The Hall–Kier alpha value is -2.21. The quantitative estimate of drug-likeness (QED) is 0.487. The second-order valence-corrected chi connectivity index (χ2v) is 9.26. The first-order valence-corrected chi connectivity index (χ1v) is 10.6. The molecule has 0 unspecified atom stereocenters. The maximum absolute atomic E-state index is 12.5. The summed E-state index contributed by atoms with van der Waals surface area (Å²) in [6.07, 6.45) is 3.12. The molecule has 0 spiro atoms. The summed E-state index contributed by atoms with van der Waals surface area (Å²) in [5.74, 6) is 0.880. The molecule has 2 heterocycles. The molecule has 11 heteroatoms. The molecule has 0 fully saturated rings. The molecule has 1 aromatic carbocycles. The number of nitrogens with zero attached hydrogens (tertiary/aromatic N) is 4. The molecule has 3 rings (SSSR count). The van der Waals surface area contributed by atoms with E-state index in [4.69, 9.17) is 0 Å². The van der Waals surface area contributed by atoms with Crippen molar-refractivity contribution in [3.63, 3.8) is 0 Å².